The highest BCUT2D eigenvalue weighted by Gasteiger charge is 2.20. The van der Waals surface area contributed by atoms with Crippen molar-refractivity contribution >= 4 is 12.3 Å². The van der Waals surface area contributed by atoms with Crippen molar-refractivity contribution in [3.8, 4) is 0 Å². The summed E-state index contributed by atoms with van der Waals surface area (Å²) in [4.78, 5) is 19.7. The van der Waals surface area contributed by atoms with Crippen LogP contribution >= 0.6 is 0 Å². The first kappa shape index (κ1) is 9.06. The van der Waals surface area contributed by atoms with E-state index < -0.39 is 18.1 Å². The fourth-order valence-electron chi connectivity index (χ4n) is 0.410. The lowest BCUT2D eigenvalue weighted by Crippen LogP contribution is -2.41. The molecule has 2 atom stereocenters. The van der Waals surface area contributed by atoms with Crippen molar-refractivity contribution in [1.29, 1.82) is 0 Å². The molecule has 10 heavy (non-hydrogen) atoms. The van der Waals surface area contributed by atoms with Gasteiger partial charge in [-0.15, -0.1) is 0 Å². The first-order valence-electron chi connectivity index (χ1n) is 2.69. The number of carbonyl (C=O) groups is 2. The van der Waals surface area contributed by atoms with E-state index in [1.165, 1.54) is 0 Å². The number of carbonyl (C=O) groups excluding carboxylic acids is 1. The van der Waals surface area contributed by atoms with Crippen LogP contribution in [0, 0.1) is 0 Å². The number of hydrogen-bond acceptors (Lipinski definition) is 4. The Bertz CT molecular complexity index is 136. The third kappa shape index (κ3) is 2.56. The Kier molecular flexibility index (Phi) is 3.60. The monoisotopic (exact) mass is 147 g/mol. The van der Waals surface area contributed by atoms with Gasteiger partial charge in [0.1, 0.15) is 12.3 Å². The second kappa shape index (κ2) is 3.97. The molecule has 0 aromatic rings. The summed E-state index contributed by atoms with van der Waals surface area (Å²) in [6.07, 6.45) is -1.10. The molecule has 0 rings (SSSR count). The van der Waals surface area contributed by atoms with Crippen molar-refractivity contribution < 1.29 is 19.8 Å². The van der Waals surface area contributed by atoms with E-state index in [-0.39, 0.29) is 6.42 Å². The molecule has 0 aliphatic carbocycles. The lowest BCUT2D eigenvalue weighted by atomic mass is 10.1. The molecule has 0 aromatic heterocycles. The van der Waals surface area contributed by atoms with E-state index in [2.05, 4.69) is 0 Å². The smallest absolute Gasteiger partial charge is 0.323 e. The standard InChI is InChI=1S/C5H9NO4/c6-4(5(9)10)3(8)1-2-7/h2-4,8H,1,6H2,(H,9,10)/t3?,4-/m0/s1. The van der Waals surface area contributed by atoms with Crippen molar-refractivity contribution in [3.63, 3.8) is 0 Å². The number of carboxylic acids is 1. The zero-order valence-corrected chi connectivity index (χ0v) is 5.23. The predicted octanol–water partition coefficient (Wildman–Crippen LogP) is -1.65. The number of nitrogens with two attached hydrogens (primary N) is 1. The molecule has 0 spiro atoms. The van der Waals surface area contributed by atoms with E-state index in [4.69, 9.17) is 15.9 Å². The minimum Gasteiger partial charge on any atom is -0.480 e. The van der Waals surface area contributed by atoms with Gasteiger partial charge in [-0.3, -0.25) is 4.79 Å². The molecule has 0 aromatic carbocycles. The van der Waals surface area contributed by atoms with Gasteiger partial charge in [-0.05, 0) is 0 Å². The van der Waals surface area contributed by atoms with E-state index in [0.29, 0.717) is 6.29 Å². The van der Waals surface area contributed by atoms with Gasteiger partial charge in [-0.1, -0.05) is 0 Å². The highest BCUT2D eigenvalue weighted by Crippen LogP contribution is 1.93. The van der Waals surface area contributed by atoms with Crippen LogP contribution in [0.5, 0.6) is 0 Å². The lowest BCUT2D eigenvalue weighted by molar-refractivity contribution is -0.141. The molecule has 0 aliphatic heterocycles. The minimum atomic E-state index is -1.37. The number of aliphatic carboxylic acids is 1. The molecule has 5 nitrogen and oxygen atoms in total. The average molecular weight is 147 g/mol. The zero-order valence-electron chi connectivity index (χ0n) is 5.23. The minimum absolute atomic E-state index is 0.243. The molecule has 0 aliphatic rings. The van der Waals surface area contributed by atoms with Crippen molar-refractivity contribution in [2.75, 3.05) is 0 Å². The van der Waals surface area contributed by atoms with Crippen LogP contribution in [0.4, 0.5) is 0 Å². The van der Waals surface area contributed by atoms with E-state index in [1.54, 1.807) is 0 Å². The molecule has 0 amide bonds. The molecule has 0 saturated carbocycles. The normalized spacial score (nSPS) is 15.8. The van der Waals surface area contributed by atoms with Gasteiger partial charge in [0.05, 0.1) is 6.10 Å². The van der Waals surface area contributed by atoms with Crippen molar-refractivity contribution in [2.45, 2.75) is 18.6 Å². The average Bonchev–Trinajstić information content (AvgIpc) is 1.87. The molecule has 0 heterocycles. The summed E-state index contributed by atoms with van der Waals surface area (Å²) in [5.41, 5.74) is 4.94. The summed E-state index contributed by atoms with van der Waals surface area (Å²) in [5, 5.41) is 16.9. The molecular formula is C5H9NO4. The van der Waals surface area contributed by atoms with Crippen molar-refractivity contribution in [2.24, 2.45) is 5.73 Å². The van der Waals surface area contributed by atoms with Crippen LogP contribution in [-0.2, 0) is 9.59 Å². The largest absolute Gasteiger partial charge is 0.480 e. The number of aliphatic hydroxyl groups is 1. The number of rotatable bonds is 4. The Morgan fingerprint density at radius 3 is 2.50 bits per heavy atom. The maximum atomic E-state index is 10.0. The molecule has 0 fully saturated rings. The van der Waals surface area contributed by atoms with Gasteiger partial charge >= 0.3 is 5.97 Å². The second-order valence-corrected chi connectivity index (χ2v) is 1.83. The molecule has 4 N–H and O–H groups in total. The van der Waals surface area contributed by atoms with Gasteiger partial charge in [0.15, 0.2) is 0 Å². The second-order valence-electron chi connectivity index (χ2n) is 1.83. The van der Waals surface area contributed by atoms with E-state index in [0.717, 1.165) is 0 Å². The lowest BCUT2D eigenvalue weighted by Gasteiger charge is -2.10. The fourth-order valence-corrected chi connectivity index (χ4v) is 0.410. The summed E-state index contributed by atoms with van der Waals surface area (Å²) in [6, 6.07) is -1.37. The van der Waals surface area contributed by atoms with E-state index >= 15 is 0 Å². The molecule has 58 valence electrons. The predicted molar refractivity (Wildman–Crippen MR) is 32.3 cm³/mol. The highest BCUT2D eigenvalue weighted by atomic mass is 16.4. The van der Waals surface area contributed by atoms with Gasteiger partial charge in [0.25, 0.3) is 0 Å². The third-order valence-electron chi connectivity index (χ3n) is 1.04. The molecule has 1 unspecified atom stereocenters. The SMILES string of the molecule is N[C@H](C(=O)O)C(O)CC=O. The number of hydrogen-bond donors (Lipinski definition) is 3. The van der Waals surface area contributed by atoms with Gasteiger partial charge < -0.3 is 20.7 Å². The zero-order chi connectivity index (χ0) is 8.15. The van der Waals surface area contributed by atoms with Gasteiger partial charge in [-0.25, -0.2) is 0 Å². The van der Waals surface area contributed by atoms with Crippen molar-refractivity contribution in [3.05, 3.63) is 0 Å². The topological polar surface area (TPSA) is 101 Å². The van der Waals surface area contributed by atoms with E-state index in [1.807, 2.05) is 0 Å². The number of aldehydes is 1. The molecule has 0 radical (unpaired) electrons. The third-order valence-corrected chi connectivity index (χ3v) is 1.04. The summed E-state index contributed by atoms with van der Waals surface area (Å²) in [6.45, 7) is 0. The van der Waals surface area contributed by atoms with Gasteiger partial charge in [0.2, 0.25) is 0 Å². The molecule has 0 saturated heterocycles. The van der Waals surface area contributed by atoms with Crippen LogP contribution in [0.25, 0.3) is 0 Å². The Morgan fingerprint density at radius 1 is 1.70 bits per heavy atom. The maximum absolute atomic E-state index is 10.0. The Hall–Kier alpha value is -0.940. The Morgan fingerprint density at radius 2 is 2.20 bits per heavy atom. The number of carboxylic acid groups (broad SMARTS) is 1. The fraction of sp³-hybridized carbons (Fsp3) is 0.600. The molecule has 5 heteroatoms. The van der Waals surface area contributed by atoms with Gasteiger partial charge in [-0.2, -0.15) is 0 Å². The van der Waals surface area contributed by atoms with Crippen LogP contribution in [-0.4, -0.2) is 34.6 Å². The van der Waals surface area contributed by atoms with Crippen LogP contribution in [0.1, 0.15) is 6.42 Å². The van der Waals surface area contributed by atoms with Crippen LogP contribution in [0.2, 0.25) is 0 Å². The first-order valence-corrected chi connectivity index (χ1v) is 2.69. The van der Waals surface area contributed by atoms with Crippen LogP contribution in [0.15, 0.2) is 0 Å². The molecular weight excluding hydrogens is 138 g/mol. The Labute approximate surface area is 57.5 Å². The van der Waals surface area contributed by atoms with Crippen LogP contribution in [0.3, 0.4) is 0 Å². The quantitative estimate of drug-likeness (QED) is 0.413. The maximum Gasteiger partial charge on any atom is 0.323 e. The summed E-state index contributed by atoms with van der Waals surface area (Å²) < 4.78 is 0. The number of aliphatic hydroxyl groups excluding tert-OH is 1. The highest BCUT2D eigenvalue weighted by molar-refractivity contribution is 5.74. The molecule has 0 bridgehead atoms. The summed E-state index contributed by atoms with van der Waals surface area (Å²) in [5.74, 6) is -1.31. The van der Waals surface area contributed by atoms with Crippen LogP contribution < -0.4 is 5.73 Å². The first-order chi connectivity index (χ1) is 4.59. The van der Waals surface area contributed by atoms with Crippen molar-refractivity contribution in [1.82, 2.24) is 0 Å². The summed E-state index contributed by atoms with van der Waals surface area (Å²) >= 11 is 0. The van der Waals surface area contributed by atoms with Gasteiger partial charge in [0, 0.05) is 6.42 Å². The Balaban J connectivity index is 3.80. The summed E-state index contributed by atoms with van der Waals surface area (Å²) in [7, 11) is 0. The van der Waals surface area contributed by atoms with E-state index in [9.17, 15) is 9.59 Å².